The lowest BCUT2D eigenvalue weighted by atomic mass is 9.96. The molecule has 2 aromatic carbocycles. The summed E-state index contributed by atoms with van der Waals surface area (Å²) in [7, 11) is 1.97. The first kappa shape index (κ1) is 93.9. The molecule has 0 spiro atoms. The van der Waals surface area contributed by atoms with Crippen molar-refractivity contribution < 1.29 is 77.6 Å². The second-order valence-electron chi connectivity index (χ2n) is 29.4. The Morgan fingerprint density at radius 2 is 0.818 bits per heavy atom. The van der Waals surface area contributed by atoms with E-state index in [4.69, 9.17) is 22.9 Å². The maximum absolute atomic E-state index is 14.9. The number of nitrogens with two attached hydrogens (primary N) is 4. The molecule has 35 heteroatoms. The summed E-state index contributed by atoms with van der Waals surface area (Å²) in [6.45, 7) is 14.9. The van der Waals surface area contributed by atoms with Gasteiger partial charge in [0.1, 0.15) is 72.5 Å². The van der Waals surface area contributed by atoms with Crippen LogP contribution >= 0.6 is 21.6 Å². The van der Waals surface area contributed by atoms with Gasteiger partial charge in [-0.25, -0.2) is 4.79 Å². The number of aliphatic hydroxyl groups excluding tert-OH is 2. The molecule has 24 N–H and O–H groups in total. The van der Waals surface area contributed by atoms with Gasteiger partial charge in [0, 0.05) is 41.4 Å². The van der Waals surface area contributed by atoms with Crippen LogP contribution in [0, 0.1) is 23.7 Å². The zero-order chi connectivity index (χ0) is 81.7. The fourth-order valence-corrected chi connectivity index (χ4v) is 14.5. The van der Waals surface area contributed by atoms with E-state index < -0.39 is 174 Å². The third kappa shape index (κ3) is 32.1. The van der Waals surface area contributed by atoms with E-state index in [0.29, 0.717) is 54.1 Å². The minimum absolute atomic E-state index is 0.0263. The summed E-state index contributed by atoms with van der Waals surface area (Å²) in [6, 6.07) is -3.48. The predicted octanol–water partition coefficient (Wildman–Crippen LogP) is -0.478. The molecular formula is C75H121N17O16S2. The van der Waals surface area contributed by atoms with Gasteiger partial charge in [0.2, 0.25) is 70.9 Å². The summed E-state index contributed by atoms with van der Waals surface area (Å²) in [6.07, 6.45) is 1.94. The number of fused-ring (bicyclic) bond motifs is 1. The minimum atomic E-state index is -1.79. The fourth-order valence-electron chi connectivity index (χ4n) is 12.2. The van der Waals surface area contributed by atoms with Gasteiger partial charge in [-0.15, -0.1) is 0 Å². The van der Waals surface area contributed by atoms with E-state index in [1.807, 2.05) is 0 Å². The van der Waals surface area contributed by atoms with Crippen LogP contribution in [0.25, 0.3) is 10.9 Å². The lowest BCUT2D eigenvalue weighted by molar-refractivity contribution is -0.142. The van der Waals surface area contributed by atoms with Crippen LogP contribution in [0.3, 0.4) is 0 Å². The number of hydrogen-bond acceptors (Lipinski definition) is 21. The number of hydrogen-bond donors (Lipinski definition) is 20. The highest BCUT2D eigenvalue weighted by Gasteiger charge is 2.40. The number of unbranched alkanes of at least 4 members (excludes halogenated alkanes) is 3. The molecule has 0 bridgehead atoms. The van der Waals surface area contributed by atoms with Gasteiger partial charge >= 0.3 is 5.97 Å². The van der Waals surface area contributed by atoms with E-state index in [-0.39, 0.29) is 113 Å². The number of rotatable bonds is 27. The Bertz CT molecular complexity index is 3480. The molecule has 4 rings (SSSR count). The van der Waals surface area contributed by atoms with E-state index in [0.717, 1.165) is 21.6 Å². The predicted molar refractivity (Wildman–Crippen MR) is 421 cm³/mol. The van der Waals surface area contributed by atoms with Gasteiger partial charge in [-0.2, -0.15) is 0 Å². The first-order valence-electron chi connectivity index (χ1n) is 38.1. The van der Waals surface area contributed by atoms with Gasteiger partial charge in [0.25, 0.3) is 0 Å². The number of carboxylic acid groups (broad SMARTS) is 1. The molecule has 1 aliphatic rings. The summed E-state index contributed by atoms with van der Waals surface area (Å²) in [4.78, 5) is 191. The number of aliphatic hydroxyl groups is 2. The fraction of sp³-hybridized carbons (Fsp3) is 0.640. The molecule has 1 fully saturated rings. The second kappa shape index (κ2) is 49.0. The van der Waals surface area contributed by atoms with E-state index in [1.54, 1.807) is 116 Å². The number of carboxylic acids is 1. The van der Waals surface area contributed by atoms with Crippen molar-refractivity contribution in [2.75, 3.05) is 37.7 Å². The first-order chi connectivity index (χ1) is 52.2. The number of amides is 12. The van der Waals surface area contributed by atoms with Gasteiger partial charge < -0.3 is 107 Å². The number of aromatic nitrogens is 1. The topological polar surface area (TPSA) is 547 Å². The lowest BCUT2D eigenvalue weighted by Gasteiger charge is -2.30. The summed E-state index contributed by atoms with van der Waals surface area (Å²) in [5, 5.41) is 65.2. The average molecular weight is 1580 g/mol. The normalized spacial score (nSPS) is 25.4. The summed E-state index contributed by atoms with van der Waals surface area (Å²) in [5.74, 6) is -14.0. The van der Waals surface area contributed by atoms with Crippen molar-refractivity contribution in [3.63, 3.8) is 0 Å². The largest absolute Gasteiger partial charge is 0.480 e. The smallest absolute Gasteiger partial charge is 0.327 e. The number of aliphatic carboxylic acids is 1. The molecule has 1 aliphatic heterocycles. The maximum atomic E-state index is 14.9. The van der Waals surface area contributed by atoms with Crippen molar-refractivity contribution in [2.24, 2.45) is 46.6 Å². The Labute approximate surface area is 652 Å². The highest BCUT2D eigenvalue weighted by Crippen LogP contribution is 2.25. The number of nitrogens with one attached hydrogen (secondary N) is 13. The van der Waals surface area contributed by atoms with E-state index in [1.165, 1.54) is 6.92 Å². The number of carbonyl (C=O) groups is 13. The molecule has 0 saturated carbocycles. The maximum Gasteiger partial charge on any atom is 0.327 e. The van der Waals surface area contributed by atoms with Gasteiger partial charge in [-0.05, 0) is 144 Å². The van der Waals surface area contributed by atoms with Gasteiger partial charge in [-0.1, -0.05) is 132 Å². The molecule has 110 heavy (non-hydrogen) atoms. The highest BCUT2D eigenvalue weighted by atomic mass is 33.1. The van der Waals surface area contributed by atoms with Gasteiger partial charge in [0.15, 0.2) is 0 Å². The van der Waals surface area contributed by atoms with Crippen LogP contribution in [0.4, 0.5) is 0 Å². The molecule has 0 radical (unpaired) electrons. The van der Waals surface area contributed by atoms with E-state index >= 15 is 0 Å². The number of aromatic amines is 1. The monoisotopic (exact) mass is 1580 g/mol. The Hall–Kier alpha value is -8.45. The first-order valence-corrected chi connectivity index (χ1v) is 40.6. The Kier molecular flexibility index (Phi) is 41.9. The Balaban J connectivity index is 1.86. The van der Waals surface area contributed by atoms with Crippen LogP contribution in [0.2, 0.25) is 0 Å². The van der Waals surface area contributed by atoms with Crippen LogP contribution in [0.1, 0.15) is 157 Å². The average Bonchev–Trinajstić information content (AvgIpc) is 1.64. The lowest BCUT2D eigenvalue weighted by Crippen LogP contribution is -2.62. The van der Waals surface area contributed by atoms with Crippen molar-refractivity contribution >= 4 is 109 Å². The molecule has 0 unspecified atom stereocenters. The molecule has 0 aliphatic carbocycles. The summed E-state index contributed by atoms with van der Waals surface area (Å²) < 4.78 is 0. The molecule has 2 heterocycles. The van der Waals surface area contributed by atoms with Crippen molar-refractivity contribution in [3.8, 4) is 0 Å². The molecule has 33 nitrogen and oxygen atoms in total. The number of benzene rings is 2. The number of para-hydroxylation sites is 1. The van der Waals surface area contributed by atoms with Crippen LogP contribution in [-0.4, -0.2) is 220 Å². The number of H-pyrrole nitrogens is 1. The summed E-state index contributed by atoms with van der Waals surface area (Å²) >= 11 is 0. The molecule has 614 valence electrons. The third-order valence-electron chi connectivity index (χ3n) is 18.6. The standard InChI is InChI=1S/C75H121N17O16S2/c1-10-44(8)61-73(105)90-60(75(107)108)40-110-109-39-49(79)63(95)81-51(26-16-19-29-76)64(96)84-55(33-42(4)5)68(100)85-54(32-41(2)3)67(99)82-53(28-18-21-31-78)66(98)92-62(45(9)94)74(106)88-57(35-46-22-12-11-13-23-46)70(102)86-56(34-43(6)7)69(101)89-59(38-93)72(104)83-52(27-17-20-30-77)65(97)87-58(71(103)91-61)36-47-37-80-50-25-15-14-24-48(47)50/h11-15,22-25,37,41-45,49,51-62,80,93-94H,10,16-21,26-36,38-40,76-79H2,1-9H3,(H,81,95)(H,82,99)(H,83,104)(H,84,96)(H,85,100)(H,86,102)(H,87,97)(H,88,106)(H,89,101)(H,90,105)(H,91,103)(H,92,98)(H,107,108)/t44-,45+,49-,51-,52-,53-,54-,55-,56-,57-,58-,59-,60-,61-,62-/m0/s1. The molecule has 3 aromatic rings. The zero-order valence-electron chi connectivity index (χ0n) is 64.8. The molecular weight excluding hydrogens is 1460 g/mol. The quantitative estimate of drug-likeness (QED) is 0.0339. The molecule has 1 aromatic heterocycles. The van der Waals surface area contributed by atoms with Gasteiger partial charge in [-0.3, -0.25) is 57.5 Å². The molecule has 12 amide bonds. The van der Waals surface area contributed by atoms with Crippen molar-refractivity contribution in [2.45, 2.75) is 243 Å². The highest BCUT2D eigenvalue weighted by molar-refractivity contribution is 8.76. The van der Waals surface area contributed by atoms with Gasteiger partial charge in [0.05, 0.1) is 18.8 Å². The third-order valence-corrected chi connectivity index (χ3v) is 21.0. The zero-order valence-corrected chi connectivity index (χ0v) is 66.4. The van der Waals surface area contributed by atoms with Crippen LogP contribution < -0.4 is 86.7 Å². The molecule has 1 saturated heterocycles. The van der Waals surface area contributed by atoms with Crippen LogP contribution in [-0.2, 0) is 75.2 Å². The Morgan fingerprint density at radius 3 is 1.28 bits per heavy atom. The SMILES string of the molecule is CC[C@H](C)[C@@H]1NC(=O)[C@H](Cc2c[nH]c3ccccc23)NC(=O)[C@H](CCCCN)NC(=O)[C@H](CO)NC(=O)[C@H](CC(C)C)NC(=O)[C@H](Cc2ccccc2)NC(=O)[C@H]([C@@H](C)O)NC(=O)[C@H](CCCCN)NC(=O)[C@H](CC(C)C)NC(=O)[C@H](CC(C)C)NC(=O)[C@H](CCCCN)NC(=O)[C@@H](N)CSSC[C@@H](C(=O)O)NC1=O. The number of carbonyl (C=O) groups excluding carboxylic acids is 12. The second-order valence-corrected chi connectivity index (χ2v) is 32.0. The summed E-state index contributed by atoms with van der Waals surface area (Å²) in [5.41, 5.74) is 25.7. The van der Waals surface area contributed by atoms with Crippen LogP contribution in [0.5, 0.6) is 0 Å². The van der Waals surface area contributed by atoms with E-state index in [9.17, 15) is 77.6 Å². The van der Waals surface area contributed by atoms with Crippen molar-refractivity contribution in [1.82, 2.24) is 68.8 Å². The van der Waals surface area contributed by atoms with Crippen molar-refractivity contribution in [1.29, 1.82) is 0 Å². The van der Waals surface area contributed by atoms with Crippen LogP contribution in [0.15, 0.2) is 60.8 Å². The minimum Gasteiger partial charge on any atom is -0.480 e. The van der Waals surface area contributed by atoms with Crippen molar-refractivity contribution in [3.05, 3.63) is 71.9 Å². The van der Waals surface area contributed by atoms with E-state index in [2.05, 4.69) is 68.8 Å². The molecule has 15 atom stereocenters. The Morgan fingerprint density at radius 1 is 0.445 bits per heavy atom.